The maximum absolute atomic E-state index is 11.8. The molecule has 0 aromatic carbocycles. The standard InChI is InChI=1S/C16H24O3/c1-11(2)14-6-5-12(3)16(19-13(4)17)10-9-15(18)8-7-14/h7-8,11,14,16H,3,5-6,9-10H2,1-2,4H3/b8-7+/t14-,16+/m0/s1. The van der Waals surface area contributed by atoms with Crippen molar-refractivity contribution in [1.82, 2.24) is 0 Å². The molecule has 3 heteroatoms. The van der Waals surface area contributed by atoms with Gasteiger partial charge in [0.1, 0.15) is 6.10 Å². The van der Waals surface area contributed by atoms with Gasteiger partial charge in [-0.1, -0.05) is 26.5 Å². The molecule has 0 aromatic heterocycles. The molecule has 0 saturated heterocycles. The Balaban J connectivity index is 2.80. The van der Waals surface area contributed by atoms with Crippen molar-refractivity contribution in [2.75, 3.05) is 0 Å². The van der Waals surface area contributed by atoms with E-state index in [-0.39, 0.29) is 17.9 Å². The SMILES string of the molecule is C=C1CC[C@H](C(C)C)/C=C/C(=O)CC[C@H]1OC(C)=O. The Hall–Kier alpha value is -1.38. The maximum Gasteiger partial charge on any atom is 0.303 e. The van der Waals surface area contributed by atoms with Crippen LogP contribution in [0.4, 0.5) is 0 Å². The Labute approximate surface area is 115 Å². The van der Waals surface area contributed by atoms with Crippen LogP contribution >= 0.6 is 0 Å². The summed E-state index contributed by atoms with van der Waals surface area (Å²) in [7, 11) is 0. The van der Waals surface area contributed by atoms with Crippen molar-refractivity contribution in [3.8, 4) is 0 Å². The van der Waals surface area contributed by atoms with Crippen molar-refractivity contribution in [2.24, 2.45) is 11.8 Å². The Morgan fingerprint density at radius 3 is 2.63 bits per heavy atom. The smallest absolute Gasteiger partial charge is 0.303 e. The highest BCUT2D eigenvalue weighted by atomic mass is 16.5. The van der Waals surface area contributed by atoms with Gasteiger partial charge in [0, 0.05) is 13.3 Å². The Morgan fingerprint density at radius 1 is 1.37 bits per heavy atom. The average molecular weight is 264 g/mol. The fourth-order valence-corrected chi connectivity index (χ4v) is 2.30. The minimum atomic E-state index is -0.319. The van der Waals surface area contributed by atoms with Gasteiger partial charge in [0.15, 0.2) is 5.78 Å². The number of carbonyl (C=O) groups excluding carboxylic acids is 2. The minimum Gasteiger partial charge on any atom is -0.458 e. The van der Waals surface area contributed by atoms with Gasteiger partial charge in [-0.05, 0) is 42.7 Å². The third-order valence-corrected chi connectivity index (χ3v) is 3.60. The molecule has 0 aliphatic heterocycles. The summed E-state index contributed by atoms with van der Waals surface area (Å²) in [5.74, 6) is 0.643. The molecule has 3 nitrogen and oxygen atoms in total. The third-order valence-electron chi connectivity index (χ3n) is 3.60. The van der Waals surface area contributed by atoms with Crippen molar-refractivity contribution < 1.29 is 14.3 Å². The van der Waals surface area contributed by atoms with Crippen LogP contribution in [0, 0.1) is 11.8 Å². The maximum atomic E-state index is 11.8. The van der Waals surface area contributed by atoms with Crippen LogP contribution in [0.15, 0.2) is 24.3 Å². The Morgan fingerprint density at radius 2 is 2.05 bits per heavy atom. The van der Waals surface area contributed by atoms with E-state index in [2.05, 4.69) is 20.4 Å². The summed E-state index contributed by atoms with van der Waals surface area (Å²) in [5, 5.41) is 0. The molecule has 0 heterocycles. The van der Waals surface area contributed by atoms with Crippen molar-refractivity contribution in [3.63, 3.8) is 0 Å². The van der Waals surface area contributed by atoms with E-state index in [9.17, 15) is 9.59 Å². The summed E-state index contributed by atoms with van der Waals surface area (Å²) in [5.41, 5.74) is 0.920. The van der Waals surface area contributed by atoms with Gasteiger partial charge in [-0.15, -0.1) is 0 Å². The van der Waals surface area contributed by atoms with Crippen LogP contribution in [0.2, 0.25) is 0 Å². The molecular weight excluding hydrogens is 240 g/mol. The predicted octanol–water partition coefficient (Wildman–Crippen LogP) is 3.45. The van der Waals surface area contributed by atoms with Crippen LogP contribution in [0.5, 0.6) is 0 Å². The lowest BCUT2D eigenvalue weighted by Crippen LogP contribution is -2.21. The van der Waals surface area contributed by atoms with E-state index >= 15 is 0 Å². The molecule has 0 spiro atoms. The van der Waals surface area contributed by atoms with E-state index in [1.807, 2.05) is 6.08 Å². The number of rotatable bonds is 2. The lowest BCUT2D eigenvalue weighted by Gasteiger charge is -2.23. The van der Waals surface area contributed by atoms with Gasteiger partial charge >= 0.3 is 5.97 Å². The minimum absolute atomic E-state index is 0.0949. The van der Waals surface area contributed by atoms with Gasteiger partial charge in [0.2, 0.25) is 0 Å². The zero-order valence-electron chi connectivity index (χ0n) is 12.1. The van der Waals surface area contributed by atoms with Crippen LogP contribution in [0.1, 0.15) is 46.5 Å². The first-order valence-corrected chi connectivity index (χ1v) is 6.96. The van der Waals surface area contributed by atoms with E-state index in [1.165, 1.54) is 6.92 Å². The summed E-state index contributed by atoms with van der Waals surface area (Å²) in [4.78, 5) is 22.9. The Kier molecular flexibility index (Phi) is 6.00. The molecule has 0 aromatic rings. The highest BCUT2D eigenvalue weighted by Gasteiger charge is 2.20. The molecule has 1 aliphatic carbocycles. The first-order valence-electron chi connectivity index (χ1n) is 6.96. The molecule has 19 heavy (non-hydrogen) atoms. The number of ether oxygens (including phenoxy) is 1. The summed E-state index contributed by atoms with van der Waals surface area (Å²) in [6, 6.07) is 0. The van der Waals surface area contributed by atoms with Gasteiger partial charge in [0.05, 0.1) is 0 Å². The number of esters is 1. The van der Waals surface area contributed by atoms with Gasteiger partial charge in [-0.25, -0.2) is 0 Å². The van der Waals surface area contributed by atoms with Crippen LogP contribution < -0.4 is 0 Å². The van der Waals surface area contributed by atoms with Gasteiger partial charge < -0.3 is 4.74 Å². The molecule has 0 fully saturated rings. The summed E-state index contributed by atoms with van der Waals surface area (Å²) < 4.78 is 5.26. The average Bonchev–Trinajstić information content (AvgIpc) is 2.32. The normalized spacial score (nSPS) is 27.2. The van der Waals surface area contributed by atoms with E-state index in [4.69, 9.17) is 4.74 Å². The van der Waals surface area contributed by atoms with Gasteiger partial charge in [-0.3, -0.25) is 9.59 Å². The third kappa shape index (κ3) is 5.41. The molecular formula is C16H24O3. The molecule has 2 atom stereocenters. The fraction of sp³-hybridized carbons (Fsp3) is 0.625. The predicted molar refractivity (Wildman–Crippen MR) is 75.6 cm³/mol. The van der Waals surface area contributed by atoms with Gasteiger partial charge in [-0.2, -0.15) is 0 Å². The molecule has 1 rings (SSSR count). The summed E-state index contributed by atoms with van der Waals surface area (Å²) in [6.45, 7) is 9.72. The topological polar surface area (TPSA) is 43.4 Å². The van der Waals surface area contributed by atoms with E-state index in [1.54, 1.807) is 6.08 Å². The fourth-order valence-electron chi connectivity index (χ4n) is 2.30. The number of ketones is 1. The van der Waals surface area contributed by atoms with Gasteiger partial charge in [0.25, 0.3) is 0 Å². The second kappa shape index (κ2) is 7.27. The monoisotopic (exact) mass is 264 g/mol. The molecule has 106 valence electrons. The van der Waals surface area contributed by atoms with Crippen LogP contribution in [-0.2, 0) is 14.3 Å². The lowest BCUT2D eigenvalue weighted by molar-refractivity contribution is -0.145. The lowest BCUT2D eigenvalue weighted by atomic mass is 9.86. The van der Waals surface area contributed by atoms with Crippen molar-refractivity contribution in [2.45, 2.75) is 52.6 Å². The molecule has 0 saturated carbocycles. The molecule has 0 N–H and O–H groups in total. The van der Waals surface area contributed by atoms with Crippen LogP contribution in [-0.4, -0.2) is 17.9 Å². The Bertz CT molecular complexity index is 379. The summed E-state index contributed by atoms with van der Waals surface area (Å²) >= 11 is 0. The second-order valence-electron chi connectivity index (χ2n) is 5.57. The zero-order chi connectivity index (χ0) is 14.4. The first kappa shape index (κ1) is 15.7. The number of hydrogen-bond acceptors (Lipinski definition) is 3. The quantitative estimate of drug-likeness (QED) is 0.567. The number of hydrogen-bond donors (Lipinski definition) is 0. The number of carbonyl (C=O) groups is 2. The molecule has 0 bridgehead atoms. The largest absolute Gasteiger partial charge is 0.458 e. The van der Waals surface area contributed by atoms with Crippen LogP contribution in [0.3, 0.4) is 0 Å². The summed E-state index contributed by atoms with van der Waals surface area (Å²) in [6.07, 6.45) is 6.10. The zero-order valence-corrected chi connectivity index (χ0v) is 12.1. The van der Waals surface area contributed by atoms with E-state index in [0.29, 0.717) is 24.7 Å². The highest BCUT2D eigenvalue weighted by Crippen LogP contribution is 2.25. The van der Waals surface area contributed by atoms with Crippen molar-refractivity contribution >= 4 is 11.8 Å². The second-order valence-corrected chi connectivity index (χ2v) is 5.57. The van der Waals surface area contributed by atoms with E-state index in [0.717, 1.165) is 18.4 Å². The van der Waals surface area contributed by atoms with Crippen LogP contribution in [0.25, 0.3) is 0 Å². The molecule has 1 aliphatic rings. The van der Waals surface area contributed by atoms with Crippen molar-refractivity contribution in [3.05, 3.63) is 24.3 Å². The van der Waals surface area contributed by atoms with E-state index < -0.39 is 0 Å². The molecule has 0 radical (unpaired) electrons. The number of allylic oxidation sites excluding steroid dienone is 2. The molecule has 0 amide bonds. The molecule has 0 unspecified atom stereocenters. The van der Waals surface area contributed by atoms with Crippen molar-refractivity contribution in [1.29, 1.82) is 0 Å². The first-order chi connectivity index (χ1) is 8.90. The highest BCUT2D eigenvalue weighted by molar-refractivity contribution is 5.89.